The van der Waals surface area contributed by atoms with Crippen LogP contribution in [0.2, 0.25) is 0 Å². The van der Waals surface area contributed by atoms with Gasteiger partial charge in [0.2, 0.25) is 0 Å². The number of hydrogen-bond acceptors (Lipinski definition) is 4. The molecule has 1 saturated heterocycles. The summed E-state index contributed by atoms with van der Waals surface area (Å²) < 4.78 is 1.78. The van der Waals surface area contributed by atoms with Gasteiger partial charge in [-0.15, -0.1) is 0 Å². The number of rotatable bonds is 5. The molecule has 1 aromatic carbocycles. The molecule has 1 atom stereocenters. The molecule has 4 rings (SSSR count). The molecule has 6 nitrogen and oxygen atoms in total. The summed E-state index contributed by atoms with van der Waals surface area (Å²) in [6.07, 6.45) is 7.76. The van der Waals surface area contributed by atoms with E-state index in [4.69, 9.17) is 0 Å². The number of aromatic nitrogens is 2. The van der Waals surface area contributed by atoms with E-state index in [2.05, 4.69) is 22.1 Å². The van der Waals surface area contributed by atoms with E-state index >= 15 is 0 Å². The number of likely N-dealkylation sites (tertiary alicyclic amines) is 1. The number of benzene rings is 1. The topological polar surface area (TPSA) is 67.2 Å². The third kappa shape index (κ3) is 3.97. The van der Waals surface area contributed by atoms with Crippen LogP contribution in [-0.2, 0) is 13.0 Å². The molecule has 150 valence electrons. The molecule has 6 heteroatoms. The minimum atomic E-state index is -0.0896. The van der Waals surface area contributed by atoms with E-state index in [1.165, 1.54) is 25.8 Å². The fraction of sp³-hybridized carbons (Fsp3) is 0.591. The Kier molecular flexibility index (Phi) is 5.76. The molecule has 1 fully saturated rings. The van der Waals surface area contributed by atoms with E-state index in [-0.39, 0.29) is 11.5 Å². The highest BCUT2D eigenvalue weighted by Gasteiger charge is 2.18. The zero-order chi connectivity index (χ0) is 19.5. The van der Waals surface area contributed by atoms with Crippen molar-refractivity contribution in [1.29, 1.82) is 0 Å². The Morgan fingerprint density at radius 3 is 2.93 bits per heavy atom. The van der Waals surface area contributed by atoms with Crippen molar-refractivity contribution in [3.8, 4) is 0 Å². The lowest BCUT2D eigenvalue weighted by Gasteiger charge is -2.33. The molecule has 1 amide bonds. The molecule has 1 N–H and O–H groups in total. The van der Waals surface area contributed by atoms with Gasteiger partial charge in [-0.1, -0.05) is 6.42 Å². The van der Waals surface area contributed by atoms with Crippen LogP contribution in [0, 0.1) is 0 Å². The van der Waals surface area contributed by atoms with Gasteiger partial charge in [0, 0.05) is 37.7 Å². The number of nitrogens with one attached hydrogen (secondary N) is 1. The second-order valence-corrected chi connectivity index (χ2v) is 8.16. The maximum Gasteiger partial charge on any atom is 0.261 e. The Labute approximate surface area is 165 Å². The van der Waals surface area contributed by atoms with Crippen LogP contribution in [0.5, 0.6) is 0 Å². The molecular formula is C22H30N4O2. The summed E-state index contributed by atoms with van der Waals surface area (Å²) in [4.78, 5) is 32.4. The first-order valence-electron chi connectivity index (χ1n) is 10.7. The fourth-order valence-corrected chi connectivity index (χ4v) is 4.46. The van der Waals surface area contributed by atoms with Crippen molar-refractivity contribution >= 4 is 16.8 Å². The van der Waals surface area contributed by atoms with Crippen LogP contribution < -0.4 is 10.9 Å². The molecule has 0 unspecified atom stereocenters. The Bertz CT molecular complexity index is 921. The summed E-state index contributed by atoms with van der Waals surface area (Å²) in [6, 6.07) is 5.90. The highest BCUT2D eigenvalue weighted by molar-refractivity contribution is 5.97. The van der Waals surface area contributed by atoms with Crippen molar-refractivity contribution < 1.29 is 4.79 Å². The van der Waals surface area contributed by atoms with Gasteiger partial charge in [-0.2, -0.15) is 0 Å². The summed E-state index contributed by atoms with van der Waals surface area (Å²) in [7, 11) is 0. The Balaban J connectivity index is 1.39. The summed E-state index contributed by atoms with van der Waals surface area (Å²) in [6.45, 7) is 5.91. The van der Waals surface area contributed by atoms with E-state index < -0.39 is 0 Å². The third-order valence-electron chi connectivity index (χ3n) is 6.18. The number of hydrogen-bond donors (Lipinski definition) is 1. The molecule has 2 aliphatic rings. The molecule has 2 aliphatic heterocycles. The first-order chi connectivity index (χ1) is 13.6. The van der Waals surface area contributed by atoms with Crippen LogP contribution in [-0.4, -0.2) is 46.0 Å². The predicted octanol–water partition coefficient (Wildman–Crippen LogP) is 2.73. The molecule has 0 aliphatic carbocycles. The number of aryl methyl sites for hydroxylation is 1. The van der Waals surface area contributed by atoms with Crippen molar-refractivity contribution in [1.82, 2.24) is 19.8 Å². The Hall–Kier alpha value is -2.21. The summed E-state index contributed by atoms with van der Waals surface area (Å²) >= 11 is 0. The van der Waals surface area contributed by atoms with Gasteiger partial charge in [-0.05, 0) is 63.8 Å². The van der Waals surface area contributed by atoms with E-state index in [1.807, 2.05) is 0 Å². The Morgan fingerprint density at radius 1 is 1.21 bits per heavy atom. The largest absolute Gasteiger partial charge is 0.352 e. The average molecular weight is 383 g/mol. The van der Waals surface area contributed by atoms with Crippen LogP contribution in [0.4, 0.5) is 0 Å². The van der Waals surface area contributed by atoms with Gasteiger partial charge in [-0.25, -0.2) is 4.98 Å². The highest BCUT2D eigenvalue weighted by Crippen LogP contribution is 2.17. The minimum Gasteiger partial charge on any atom is -0.352 e. The van der Waals surface area contributed by atoms with Gasteiger partial charge in [0.05, 0.1) is 10.9 Å². The van der Waals surface area contributed by atoms with Crippen molar-refractivity contribution in [3.63, 3.8) is 0 Å². The second-order valence-electron chi connectivity index (χ2n) is 8.16. The SMILES string of the molecule is C[C@@H]1CCCCN1CCCNC(=O)c1ccc2c(=O)n3c(nc2c1)CCCC3. The van der Waals surface area contributed by atoms with Crippen LogP contribution >= 0.6 is 0 Å². The summed E-state index contributed by atoms with van der Waals surface area (Å²) in [5, 5.41) is 3.62. The smallest absolute Gasteiger partial charge is 0.261 e. The average Bonchev–Trinajstić information content (AvgIpc) is 2.72. The third-order valence-corrected chi connectivity index (χ3v) is 6.18. The zero-order valence-electron chi connectivity index (χ0n) is 16.7. The highest BCUT2D eigenvalue weighted by atomic mass is 16.1. The second kappa shape index (κ2) is 8.43. The number of carbonyl (C=O) groups is 1. The maximum atomic E-state index is 12.7. The van der Waals surface area contributed by atoms with Gasteiger partial charge >= 0.3 is 0 Å². The zero-order valence-corrected chi connectivity index (χ0v) is 16.7. The van der Waals surface area contributed by atoms with Gasteiger partial charge in [-0.3, -0.25) is 14.2 Å². The van der Waals surface area contributed by atoms with Crippen LogP contribution in [0.3, 0.4) is 0 Å². The molecule has 2 aromatic rings. The van der Waals surface area contributed by atoms with Gasteiger partial charge in [0.15, 0.2) is 0 Å². The first-order valence-corrected chi connectivity index (χ1v) is 10.7. The quantitative estimate of drug-likeness (QED) is 0.808. The van der Waals surface area contributed by atoms with E-state index in [0.717, 1.165) is 44.6 Å². The minimum absolute atomic E-state index is 0.0160. The molecule has 28 heavy (non-hydrogen) atoms. The molecule has 1 aromatic heterocycles. The van der Waals surface area contributed by atoms with Crippen molar-refractivity contribution in [2.75, 3.05) is 19.6 Å². The lowest BCUT2D eigenvalue weighted by molar-refractivity contribution is 0.0949. The monoisotopic (exact) mass is 382 g/mol. The summed E-state index contributed by atoms with van der Waals surface area (Å²) in [5.41, 5.74) is 1.22. The van der Waals surface area contributed by atoms with E-state index in [9.17, 15) is 9.59 Å². The maximum absolute atomic E-state index is 12.7. The molecule has 0 spiro atoms. The van der Waals surface area contributed by atoms with E-state index in [1.54, 1.807) is 22.8 Å². The predicted molar refractivity (Wildman–Crippen MR) is 111 cm³/mol. The number of piperidine rings is 1. The van der Waals surface area contributed by atoms with E-state index in [0.29, 0.717) is 29.1 Å². The molecule has 0 saturated carbocycles. The standard InChI is InChI=1S/C22H30N4O2/c1-16-7-2-4-12-25(16)13-6-11-23-21(27)17-9-10-18-19(15-17)24-20-8-3-5-14-26(20)22(18)28/h9-10,15-16H,2-8,11-14H2,1H3,(H,23,27)/t16-/m1/s1. The van der Waals surface area contributed by atoms with Crippen molar-refractivity contribution in [2.45, 2.75) is 64.5 Å². The van der Waals surface area contributed by atoms with Gasteiger partial charge < -0.3 is 10.2 Å². The number of amides is 1. The molecule has 3 heterocycles. The number of fused-ring (bicyclic) bond motifs is 2. The number of carbonyl (C=O) groups excluding carboxylic acids is 1. The van der Waals surface area contributed by atoms with Gasteiger partial charge in [0.1, 0.15) is 5.82 Å². The molecule has 0 radical (unpaired) electrons. The fourth-order valence-electron chi connectivity index (χ4n) is 4.46. The Morgan fingerprint density at radius 2 is 2.07 bits per heavy atom. The lowest BCUT2D eigenvalue weighted by atomic mass is 10.0. The van der Waals surface area contributed by atoms with Gasteiger partial charge in [0.25, 0.3) is 11.5 Å². The first kappa shape index (κ1) is 19.1. The molecular weight excluding hydrogens is 352 g/mol. The van der Waals surface area contributed by atoms with Crippen LogP contribution in [0.15, 0.2) is 23.0 Å². The van der Waals surface area contributed by atoms with Crippen LogP contribution in [0.25, 0.3) is 10.9 Å². The van der Waals surface area contributed by atoms with Crippen molar-refractivity contribution in [2.24, 2.45) is 0 Å². The van der Waals surface area contributed by atoms with Crippen LogP contribution in [0.1, 0.15) is 61.6 Å². The summed E-state index contributed by atoms with van der Waals surface area (Å²) in [5.74, 6) is 0.755. The number of nitrogens with zero attached hydrogens (tertiary/aromatic N) is 3. The van der Waals surface area contributed by atoms with Crippen molar-refractivity contribution in [3.05, 3.63) is 39.9 Å². The molecule has 0 bridgehead atoms. The normalized spacial score (nSPS) is 20.1. The lowest BCUT2D eigenvalue weighted by Crippen LogP contribution is -2.39.